The van der Waals surface area contributed by atoms with E-state index in [1.807, 2.05) is 20.8 Å². The summed E-state index contributed by atoms with van der Waals surface area (Å²) in [5.74, 6) is 0.682. The van der Waals surface area contributed by atoms with Gasteiger partial charge in [0.1, 0.15) is 5.60 Å². The number of rotatable bonds is 2. The number of ether oxygens (including phenoxy) is 1. The molecule has 7 heteroatoms. The predicted molar refractivity (Wildman–Crippen MR) is 80.3 cm³/mol. The third kappa shape index (κ3) is 3.23. The Labute approximate surface area is 129 Å². The van der Waals surface area contributed by atoms with Crippen molar-refractivity contribution in [2.45, 2.75) is 52.2 Å². The summed E-state index contributed by atoms with van der Waals surface area (Å²) in [6.45, 7) is 6.53. The molecule has 0 atom stereocenters. The maximum absolute atomic E-state index is 12.2. The Bertz CT molecular complexity index is 598. The molecule has 0 saturated heterocycles. The Morgan fingerprint density at radius 2 is 2.09 bits per heavy atom. The van der Waals surface area contributed by atoms with Gasteiger partial charge < -0.3 is 15.0 Å². The Morgan fingerprint density at radius 3 is 2.73 bits per heavy atom. The quantitative estimate of drug-likeness (QED) is 0.875. The van der Waals surface area contributed by atoms with Gasteiger partial charge in [0.15, 0.2) is 5.82 Å². The number of H-pyrrole nitrogens is 1. The SMILES string of the molecule is CC(C)(C)OC(=O)N1CCc2[nH]nc(NC(=O)C3CC3)c2C1. The highest BCUT2D eigenvalue weighted by Crippen LogP contribution is 2.31. The number of aromatic amines is 1. The van der Waals surface area contributed by atoms with Crippen molar-refractivity contribution in [3.8, 4) is 0 Å². The van der Waals surface area contributed by atoms with Gasteiger partial charge in [0.25, 0.3) is 0 Å². The lowest BCUT2D eigenvalue weighted by atomic mass is 10.1. The van der Waals surface area contributed by atoms with E-state index in [-0.39, 0.29) is 17.9 Å². The van der Waals surface area contributed by atoms with Crippen LogP contribution < -0.4 is 5.32 Å². The van der Waals surface area contributed by atoms with Crippen LogP contribution in [0, 0.1) is 5.92 Å². The average Bonchev–Trinajstić information content (AvgIpc) is 3.20. The fraction of sp³-hybridized carbons (Fsp3) is 0.667. The van der Waals surface area contributed by atoms with Crippen molar-refractivity contribution in [3.63, 3.8) is 0 Å². The van der Waals surface area contributed by atoms with E-state index in [9.17, 15) is 9.59 Å². The van der Waals surface area contributed by atoms with Gasteiger partial charge >= 0.3 is 6.09 Å². The van der Waals surface area contributed by atoms with Crippen molar-refractivity contribution >= 4 is 17.8 Å². The van der Waals surface area contributed by atoms with E-state index in [4.69, 9.17) is 4.74 Å². The molecule has 2 amide bonds. The van der Waals surface area contributed by atoms with Crippen molar-refractivity contribution in [3.05, 3.63) is 11.3 Å². The summed E-state index contributed by atoms with van der Waals surface area (Å²) in [7, 11) is 0. The van der Waals surface area contributed by atoms with E-state index in [0.717, 1.165) is 24.1 Å². The highest BCUT2D eigenvalue weighted by molar-refractivity contribution is 5.94. The molecule has 2 aliphatic rings. The number of nitrogens with one attached hydrogen (secondary N) is 2. The van der Waals surface area contributed by atoms with Crippen molar-refractivity contribution < 1.29 is 14.3 Å². The third-order valence-corrected chi connectivity index (χ3v) is 3.77. The number of aromatic nitrogens is 2. The minimum Gasteiger partial charge on any atom is -0.444 e. The highest BCUT2D eigenvalue weighted by atomic mass is 16.6. The van der Waals surface area contributed by atoms with Gasteiger partial charge in [-0.25, -0.2) is 4.79 Å². The van der Waals surface area contributed by atoms with Crippen LogP contribution in [0.25, 0.3) is 0 Å². The van der Waals surface area contributed by atoms with Crippen LogP contribution >= 0.6 is 0 Å². The maximum Gasteiger partial charge on any atom is 0.410 e. The second kappa shape index (κ2) is 5.30. The van der Waals surface area contributed by atoms with E-state index >= 15 is 0 Å². The van der Waals surface area contributed by atoms with Crippen LogP contribution in [0.2, 0.25) is 0 Å². The van der Waals surface area contributed by atoms with Crippen LogP contribution in [-0.2, 0) is 22.5 Å². The van der Waals surface area contributed by atoms with Crippen LogP contribution in [0.1, 0.15) is 44.9 Å². The molecule has 1 saturated carbocycles. The fourth-order valence-electron chi connectivity index (χ4n) is 2.45. The fourth-order valence-corrected chi connectivity index (χ4v) is 2.45. The van der Waals surface area contributed by atoms with Crippen molar-refractivity contribution in [2.24, 2.45) is 5.92 Å². The molecule has 1 aromatic rings. The van der Waals surface area contributed by atoms with E-state index in [1.54, 1.807) is 4.90 Å². The summed E-state index contributed by atoms with van der Waals surface area (Å²) in [5, 5.41) is 10.00. The largest absolute Gasteiger partial charge is 0.444 e. The first-order chi connectivity index (χ1) is 10.3. The van der Waals surface area contributed by atoms with Crippen LogP contribution in [0.5, 0.6) is 0 Å². The van der Waals surface area contributed by atoms with Crippen molar-refractivity contribution in [2.75, 3.05) is 11.9 Å². The number of carbonyl (C=O) groups is 2. The summed E-state index contributed by atoms with van der Waals surface area (Å²) >= 11 is 0. The van der Waals surface area contributed by atoms with E-state index in [2.05, 4.69) is 15.5 Å². The lowest BCUT2D eigenvalue weighted by Crippen LogP contribution is -2.40. The standard InChI is InChI=1S/C15H22N4O3/c1-15(2,3)22-14(21)19-7-6-11-10(8-19)12(18-17-11)16-13(20)9-4-5-9/h9H,4-8H2,1-3H3,(H2,16,17,18,20). The number of hydrogen-bond acceptors (Lipinski definition) is 4. The molecule has 0 spiro atoms. The van der Waals surface area contributed by atoms with Gasteiger partial charge in [-0.15, -0.1) is 0 Å². The van der Waals surface area contributed by atoms with Gasteiger partial charge in [-0.3, -0.25) is 9.89 Å². The maximum atomic E-state index is 12.2. The topological polar surface area (TPSA) is 87.3 Å². The minimum atomic E-state index is -0.517. The smallest absolute Gasteiger partial charge is 0.410 e. The van der Waals surface area contributed by atoms with Gasteiger partial charge in [0.2, 0.25) is 5.91 Å². The molecule has 1 aliphatic heterocycles. The van der Waals surface area contributed by atoms with Crippen molar-refractivity contribution in [1.29, 1.82) is 0 Å². The number of carbonyl (C=O) groups excluding carboxylic acids is 2. The van der Waals surface area contributed by atoms with Crippen LogP contribution in [0.3, 0.4) is 0 Å². The number of hydrogen-bond donors (Lipinski definition) is 2. The summed E-state index contributed by atoms with van der Waals surface area (Å²) in [5.41, 5.74) is 1.34. The summed E-state index contributed by atoms with van der Waals surface area (Å²) in [6.07, 6.45) is 2.24. The van der Waals surface area contributed by atoms with Gasteiger partial charge in [-0.2, -0.15) is 5.10 Å². The Kier molecular flexibility index (Phi) is 3.58. The molecule has 0 unspecified atom stereocenters. The zero-order chi connectivity index (χ0) is 15.9. The molecule has 1 aromatic heterocycles. The second-order valence-corrected chi connectivity index (χ2v) is 6.94. The number of nitrogens with zero attached hydrogens (tertiary/aromatic N) is 2. The molecule has 3 rings (SSSR count). The Morgan fingerprint density at radius 1 is 1.36 bits per heavy atom. The summed E-state index contributed by atoms with van der Waals surface area (Å²) in [4.78, 5) is 25.7. The first-order valence-corrected chi connectivity index (χ1v) is 7.68. The number of fused-ring (bicyclic) bond motifs is 1. The number of amides is 2. The molecule has 1 aliphatic carbocycles. The Balaban J connectivity index is 1.69. The van der Waals surface area contributed by atoms with Crippen molar-refractivity contribution in [1.82, 2.24) is 15.1 Å². The van der Waals surface area contributed by atoms with Gasteiger partial charge in [-0.1, -0.05) is 0 Å². The number of anilines is 1. The van der Waals surface area contributed by atoms with Crippen LogP contribution in [-0.4, -0.2) is 39.2 Å². The van der Waals surface area contributed by atoms with Crippen LogP contribution in [0.4, 0.5) is 10.6 Å². The molecule has 120 valence electrons. The molecule has 0 bridgehead atoms. The van der Waals surface area contributed by atoms with Gasteiger partial charge in [0, 0.05) is 30.1 Å². The summed E-state index contributed by atoms with van der Waals surface area (Å²) in [6, 6.07) is 0. The molecular formula is C15H22N4O3. The third-order valence-electron chi connectivity index (χ3n) is 3.77. The van der Waals surface area contributed by atoms with E-state index in [1.165, 1.54) is 0 Å². The first-order valence-electron chi connectivity index (χ1n) is 7.68. The monoisotopic (exact) mass is 306 g/mol. The predicted octanol–water partition coefficient (Wildman–Crippen LogP) is 2.05. The van der Waals surface area contributed by atoms with E-state index < -0.39 is 5.60 Å². The minimum absolute atomic E-state index is 0.0173. The molecule has 2 heterocycles. The molecule has 1 fully saturated rings. The zero-order valence-electron chi connectivity index (χ0n) is 13.2. The van der Waals surface area contributed by atoms with Crippen LogP contribution in [0.15, 0.2) is 0 Å². The van der Waals surface area contributed by atoms with Gasteiger partial charge in [-0.05, 0) is 33.6 Å². The molecule has 7 nitrogen and oxygen atoms in total. The van der Waals surface area contributed by atoms with E-state index in [0.29, 0.717) is 25.3 Å². The molecular weight excluding hydrogens is 284 g/mol. The lowest BCUT2D eigenvalue weighted by Gasteiger charge is -2.30. The lowest BCUT2D eigenvalue weighted by molar-refractivity contribution is -0.117. The summed E-state index contributed by atoms with van der Waals surface area (Å²) < 4.78 is 5.41. The second-order valence-electron chi connectivity index (χ2n) is 6.94. The normalized spacial score (nSPS) is 17.9. The first kappa shape index (κ1) is 14.9. The molecule has 2 N–H and O–H groups in total. The molecule has 0 aromatic carbocycles. The molecule has 0 radical (unpaired) electrons. The molecule has 22 heavy (non-hydrogen) atoms. The van der Waals surface area contributed by atoms with Gasteiger partial charge in [0.05, 0.1) is 6.54 Å². The zero-order valence-corrected chi connectivity index (χ0v) is 13.2. The Hall–Kier alpha value is -2.05. The average molecular weight is 306 g/mol. The highest BCUT2D eigenvalue weighted by Gasteiger charge is 2.32.